The molecule has 0 amide bonds. The van der Waals surface area contributed by atoms with E-state index in [0.717, 1.165) is 33.3 Å². The fourth-order valence-electron chi connectivity index (χ4n) is 1.75. The molecule has 2 rings (SSSR count). The largest absolute Gasteiger partial charge is 0.497 e. The third-order valence-electron chi connectivity index (χ3n) is 2.64. The number of carbonyl (C=O) groups is 1. The van der Waals surface area contributed by atoms with Crippen LogP contribution in [0.25, 0.3) is 11.1 Å². The predicted octanol–water partition coefficient (Wildman–Crippen LogP) is 3.57. The summed E-state index contributed by atoms with van der Waals surface area (Å²) in [7, 11) is 1.63. The molecular formula is C13H12BrNO2. The van der Waals surface area contributed by atoms with Gasteiger partial charge in [-0.3, -0.25) is 4.79 Å². The van der Waals surface area contributed by atoms with Gasteiger partial charge >= 0.3 is 0 Å². The third-order valence-corrected chi connectivity index (χ3v) is 3.63. The van der Waals surface area contributed by atoms with Crippen LogP contribution in [0.5, 0.6) is 5.75 Å². The fraction of sp³-hybridized carbons (Fsp3) is 0.154. The van der Waals surface area contributed by atoms with Gasteiger partial charge in [-0.15, -0.1) is 0 Å². The molecule has 1 aromatic carbocycles. The number of ether oxygens (including phenoxy) is 1. The Labute approximate surface area is 108 Å². The van der Waals surface area contributed by atoms with Crippen molar-refractivity contribution in [3.63, 3.8) is 0 Å². The number of rotatable bonds is 3. The molecule has 4 heteroatoms. The average Bonchev–Trinajstić information content (AvgIpc) is 2.65. The SMILES string of the molecule is COc1ccc(-c2c(C=O)[nH]c(C)c2Br)cc1. The van der Waals surface area contributed by atoms with Crippen molar-refractivity contribution in [2.75, 3.05) is 7.11 Å². The summed E-state index contributed by atoms with van der Waals surface area (Å²) in [6.45, 7) is 1.92. The molecule has 2 aromatic rings. The van der Waals surface area contributed by atoms with Crippen LogP contribution in [0.15, 0.2) is 28.7 Å². The van der Waals surface area contributed by atoms with E-state index in [1.807, 2.05) is 31.2 Å². The lowest BCUT2D eigenvalue weighted by atomic mass is 10.1. The van der Waals surface area contributed by atoms with Gasteiger partial charge in [-0.05, 0) is 40.5 Å². The van der Waals surface area contributed by atoms with Crippen LogP contribution in [0.2, 0.25) is 0 Å². The van der Waals surface area contributed by atoms with Gasteiger partial charge < -0.3 is 9.72 Å². The van der Waals surface area contributed by atoms with Gasteiger partial charge in [0.05, 0.1) is 12.8 Å². The van der Waals surface area contributed by atoms with Crippen LogP contribution < -0.4 is 4.74 Å². The minimum absolute atomic E-state index is 0.583. The van der Waals surface area contributed by atoms with E-state index in [1.165, 1.54) is 0 Å². The highest BCUT2D eigenvalue weighted by Crippen LogP contribution is 2.34. The number of aryl methyl sites for hydroxylation is 1. The predicted molar refractivity (Wildman–Crippen MR) is 70.6 cm³/mol. The Morgan fingerprint density at radius 3 is 2.47 bits per heavy atom. The number of aromatic amines is 1. The van der Waals surface area contributed by atoms with E-state index < -0.39 is 0 Å². The van der Waals surface area contributed by atoms with Crippen LogP contribution in [0, 0.1) is 6.92 Å². The van der Waals surface area contributed by atoms with E-state index in [4.69, 9.17) is 4.74 Å². The number of halogens is 1. The van der Waals surface area contributed by atoms with Gasteiger partial charge in [0.2, 0.25) is 0 Å². The smallest absolute Gasteiger partial charge is 0.166 e. The molecular weight excluding hydrogens is 282 g/mol. The van der Waals surface area contributed by atoms with Crippen LogP contribution >= 0.6 is 15.9 Å². The van der Waals surface area contributed by atoms with E-state index in [1.54, 1.807) is 7.11 Å². The van der Waals surface area contributed by atoms with Gasteiger partial charge in [0.1, 0.15) is 5.75 Å². The normalized spacial score (nSPS) is 10.3. The minimum atomic E-state index is 0.583. The van der Waals surface area contributed by atoms with E-state index in [9.17, 15) is 4.79 Å². The molecule has 0 atom stereocenters. The molecule has 17 heavy (non-hydrogen) atoms. The van der Waals surface area contributed by atoms with E-state index >= 15 is 0 Å². The molecule has 1 N–H and O–H groups in total. The Morgan fingerprint density at radius 2 is 1.94 bits per heavy atom. The van der Waals surface area contributed by atoms with Crippen molar-refractivity contribution in [3.05, 3.63) is 40.1 Å². The standard InChI is InChI=1S/C13H12BrNO2/c1-8-13(14)12(11(7-16)15-8)9-3-5-10(17-2)6-4-9/h3-7,15H,1-2H3. The lowest BCUT2D eigenvalue weighted by Crippen LogP contribution is -1.86. The Bertz CT molecular complexity index is 543. The van der Waals surface area contributed by atoms with Gasteiger partial charge in [0.15, 0.2) is 6.29 Å². The zero-order chi connectivity index (χ0) is 12.4. The lowest BCUT2D eigenvalue weighted by molar-refractivity contribution is 0.112. The summed E-state index contributed by atoms with van der Waals surface area (Å²) in [5, 5.41) is 0. The molecule has 88 valence electrons. The lowest BCUT2D eigenvalue weighted by Gasteiger charge is -2.03. The zero-order valence-electron chi connectivity index (χ0n) is 9.58. The van der Waals surface area contributed by atoms with Crippen LogP contribution in [-0.2, 0) is 0 Å². The van der Waals surface area contributed by atoms with E-state index in [-0.39, 0.29) is 0 Å². The molecule has 1 aromatic heterocycles. The molecule has 0 unspecified atom stereocenters. The highest BCUT2D eigenvalue weighted by molar-refractivity contribution is 9.10. The number of hydrogen-bond donors (Lipinski definition) is 1. The highest BCUT2D eigenvalue weighted by atomic mass is 79.9. The summed E-state index contributed by atoms with van der Waals surface area (Å²) in [5.41, 5.74) is 3.39. The maximum Gasteiger partial charge on any atom is 0.166 e. The van der Waals surface area contributed by atoms with Crippen LogP contribution in [-0.4, -0.2) is 18.4 Å². The summed E-state index contributed by atoms with van der Waals surface area (Å²) < 4.78 is 6.03. The Morgan fingerprint density at radius 1 is 1.29 bits per heavy atom. The maximum atomic E-state index is 11.0. The Balaban J connectivity index is 2.55. The summed E-state index contributed by atoms with van der Waals surface area (Å²) in [5.74, 6) is 0.796. The second kappa shape index (κ2) is 4.75. The number of H-pyrrole nitrogens is 1. The topological polar surface area (TPSA) is 42.1 Å². The summed E-state index contributed by atoms with van der Waals surface area (Å²) >= 11 is 3.49. The number of benzene rings is 1. The van der Waals surface area contributed by atoms with Crippen molar-refractivity contribution < 1.29 is 9.53 Å². The molecule has 1 heterocycles. The van der Waals surface area contributed by atoms with Gasteiger partial charge in [-0.2, -0.15) is 0 Å². The molecule has 0 bridgehead atoms. The summed E-state index contributed by atoms with van der Waals surface area (Å²) in [6, 6.07) is 7.61. The second-order valence-electron chi connectivity index (χ2n) is 3.70. The van der Waals surface area contributed by atoms with Gasteiger partial charge in [0.25, 0.3) is 0 Å². The van der Waals surface area contributed by atoms with Gasteiger partial charge in [-0.25, -0.2) is 0 Å². The van der Waals surface area contributed by atoms with Gasteiger partial charge in [0, 0.05) is 15.7 Å². The number of carbonyl (C=O) groups excluding carboxylic acids is 1. The number of hydrogen-bond acceptors (Lipinski definition) is 2. The molecule has 0 fully saturated rings. The molecule has 0 saturated heterocycles. The number of aromatic nitrogens is 1. The molecule has 0 aliphatic rings. The molecule has 0 saturated carbocycles. The van der Waals surface area contributed by atoms with E-state index in [2.05, 4.69) is 20.9 Å². The van der Waals surface area contributed by atoms with Crippen LogP contribution in [0.4, 0.5) is 0 Å². The molecule has 3 nitrogen and oxygen atoms in total. The maximum absolute atomic E-state index is 11.0. The third kappa shape index (κ3) is 2.13. The Hall–Kier alpha value is -1.55. The number of nitrogens with one attached hydrogen (secondary N) is 1. The first-order chi connectivity index (χ1) is 8.17. The molecule has 0 spiro atoms. The zero-order valence-corrected chi connectivity index (χ0v) is 11.2. The number of aldehydes is 1. The molecule has 0 radical (unpaired) electrons. The summed E-state index contributed by atoms with van der Waals surface area (Å²) in [4.78, 5) is 14.1. The number of methoxy groups -OCH3 is 1. The van der Waals surface area contributed by atoms with E-state index in [0.29, 0.717) is 5.69 Å². The van der Waals surface area contributed by atoms with Crippen molar-refractivity contribution in [1.82, 2.24) is 4.98 Å². The highest BCUT2D eigenvalue weighted by Gasteiger charge is 2.14. The molecule has 0 aliphatic carbocycles. The van der Waals surface area contributed by atoms with Crippen LogP contribution in [0.1, 0.15) is 16.2 Å². The minimum Gasteiger partial charge on any atom is -0.497 e. The Kier molecular flexibility index (Phi) is 3.33. The van der Waals surface area contributed by atoms with Crippen molar-refractivity contribution in [1.29, 1.82) is 0 Å². The monoisotopic (exact) mass is 293 g/mol. The summed E-state index contributed by atoms with van der Waals surface area (Å²) in [6.07, 6.45) is 0.831. The second-order valence-corrected chi connectivity index (χ2v) is 4.49. The first-order valence-corrected chi connectivity index (χ1v) is 5.94. The van der Waals surface area contributed by atoms with Crippen molar-refractivity contribution in [3.8, 4) is 16.9 Å². The quantitative estimate of drug-likeness (QED) is 0.879. The van der Waals surface area contributed by atoms with Crippen molar-refractivity contribution >= 4 is 22.2 Å². The first-order valence-electron chi connectivity index (χ1n) is 5.15. The van der Waals surface area contributed by atoms with Crippen molar-refractivity contribution in [2.24, 2.45) is 0 Å². The van der Waals surface area contributed by atoms with Gasteiger partial charge in [-0.1, -0.05) is 12.1 Å². The molecule has 0 aliphatic heterocycles. The average molecular weight is 294 g/mol. The first kappa shape index (κ1) is 11.9. The fourth-order valence-corrected chi connectivity index (χ4v) is 2.30. The van der Waals surface area contributed by atoms with Crippen LogP contribution in [0.3, 0.4) is 0 Å². The van der Waals surface area contributed by atoms with Crippen molar-refractivity contribution in [2.45, 2.75) is 6.92 Å².